The predicted octanol–water partition coefficient (Wildman–Crippen LogP) is 3.91. The quantitative estimate of drug-likeness (QED) is 0.478. The van der Waals surface area contributed by atoms with Crippen molar-refractivity contribution >= 4 is 39.1 Å². The summed E-state index contributed by atoms with van der Waals surface area (Å²) in [7, 11) is 0. The van der Waals surface area contributed by atoms with E-state index in [4.69, 9.17) is 4.74 Å². The van der Waals surface area contributed by atoms with Crippen LogP contribution in [0.3, 0.4) is 0 Å². The van der Waals surface area contributed by atoms with Crippen LogP contribution < -0.4 is 5.56 Å². The topological polar surface area (TPSA) is 61.4 Å². The normalized spacial score (nSPS) is 16.9. The molecule has 0 saturated carbocycles. The predicted molar refractivity (Wildman–Crippen MR) is 113 cm³/mol. The Morgan fingerprint density at radius 1 is 1.25 bits per heavy atom. The van der Waals surface area contributed by atoms with Crippen LogP contribution in [0.5, 0.6) is 0 Å². The molecule has 1 unspecified atom stereocenters. The molecule has 1 aliphatic rings. The van der Waals surface area contributed by atoms with Crippen molar-refractivity contribution in [1.82, 2.24) is 19.2 Å². The number of hydrogen-bond acceptors (Lipinski definition) is 6. The minimum absolute atomic E-state index is 0.0318. The van der Waals surface area contributed by atoms with Crippen LogP contribution in [-0.4, -0.2) is 31.5 Å². The van der Waals surface area contributed by atoms with Gasteiger partial charge in [0.25, 0.3) is 5.56 Å². The van der Waals surface area contributed by atoms with Crippen molar-refractivity contribution in [1.29, 1.82) is 0 Å². The lowest BCUT2D eigenvalue weighted by Gasteiger charge is -2.26. The lowest BCUT2D eigenvalue weighted by Crippen LogP contribution is -2.28. The molecule has 0 fully saturated rings. The van der Waals surface area contributed by atoms with Crippen LogP contribution in [0.1, 0.15) is 24.3 Å². The summed E-state index contributed by atoms with van der Waals surface area (Å²) in [5, 5.41) is 10.2. The minimum atomic E-state index is -0.0318. The Hall–Kier alpha value is -2.16. The Bertz CT molecular complexity index is 1240. The standard InChI is InChI=1S/C20H20N4O2S2/c1-11(2)14-9-13-15(10-26-14)28-18-16(13)17(25)23(12-7-5-4-6-8-12)19-21-22-20(27-3)24(18)19/h4-8,11,14H,9-10H2,1-3H3. The van der Waals surface area contributed by atoms with E-state index in [1.54, 1.807) is 15.9 Å². The highest BCUT2D eigenvalue weighted by Gasteiger charge is 2.29. The fourth-order valence-corrected chi connectivity index (χ4v) is 5.59. The number of thiophene rings is 1. The van der Waals surface area contributed by atoms with Crippen LogP contribution >= 0.6 is 23.1 Å². The van der Waals surface area contributed by atoms with Gasteiger partial charge in [-0.05, 0) is 29.9 Å². The largest absolute Gasteiger partial charge is 0.372 e. The van der Waals surface area contributed by atoms with Crippen molar-refractivity contribution in [3.8, 4) is 5.69 Å². The van der Waals surface area contributed by atoms with Gasteiger partial charge in [0, 0.05) is 11.3 Å². The Labute approximate surface area is 170 Å². The molecule has 4 aromatic rings. The van der Waals surface area contributed by atoms with Crippen molar-refractivity contribution in [3.63, 3.8) is 0 Å². The number of ether oxygens (including phenoxy) is 1. The van der Waals surface area contributed by atoms with Crippen LogP contribution in [0.15, 0.2) is 40.3 Å². The van der Waals surface area contributed by atoms with E-state index >= 15 is 0 Å². The molecular formula is C20H20N4O2S2. The molecule has 28 heavy (non-hydrogen) atoms. The molecule has 0 bridgehead atoms. The van der Waals surface area contributed by atoms with Crippen LogP contribution in [0.25, 0.3) is 21.7 Å². The van der Waals surface area contributed by atoms with E-state index in [1.165, 1.54) is 11.8 Å². The summed E-state index contributed by atoms with van der Waals surface area (Å²) < 4.78 is 9.75. The fraction of sp³-hybridized carbons (Fsp3) is 0.350. The van der Waals surface area contributed by atoms with Gasteiger partial charge in [-0.2, -0.15) is 0 Å². The first-order valence-electron chi connectivity index (χ1n) is 9.25. The average Bonchev–Trinajstić information content (AvgIpc) is 3.29. The maximum Gasteiger partial charge on any atom is 0.268 e. The molecule has 5 rings (SSSR count). The van der Waals surface area contributed by atoms with E-state index in [1.807, 2.05) is 41.0 Å². The molecule has 6 nitrogen and oxygen atoms in total. The second kappa shape index (κ2) is 6.72. The Balaban J connectivity index is 1.91. The highest BCUT2D eigenvalue weighted by Crippen LogP contribution is 2.37. The van der Waals surface area contributed by atoms with Gasteiger partial charge in [-0.1, -0.05) is 43.8 Å². The molecule has 0 aliphatic carbocycles. The highest BCUT2D eigenvalue weighted by atomic mass is 32.2. The monoisotopic (exact) mass is 412 g/mol. The molecule has 0 spiro atoms. The van der Waals surface area contributed by atoms with Gasteiger partial charge in [0.1, 0.15) is 4.83 Å². The first-order valence-corrected chi connectivity index (χ1v) is 11.3. The molecule has 0 amide bonds. The number of fused-ring (bicyclic) bond motifs is 5. The molecule has 3 aromatic heterocycles. The Morgan fingerprint density at radius 3 is 2.75 bits per heavy atom. The van der Waals surface area contributed by atoms with Gasteiger partial charge in [0.2, 0.25) is 5.78 Å². The number of aromatic nitrogens is 4. The molecule has 0 N–H and O–H groups in total. The summed E-state index contributed by atoms with van der Waals surface area (Å²) in [5.41, 5.74) is 1.89. The van der Waals surface area contributed by atoms with E-state index < -0.39 is 0 Å². The van der Waals surface area contributed by atoms with Crippen LogP contribution in [0.4, 0.5) is 0 Å². The van der Waals surface area contributed by atoms with Gasteiger partial charge in [-0.15, -0.1) is 21.5 Å². The summed E-state index contributed by atoms with van der Waals surface area (Å²) in [4.78, 5) is 15.7. The molecule has 4 heterocycles. The van der Waals surface area contributed by atoms with Crippen molar-refractivity contribution in [2.45, 2.75) is 38.1 Å². The third kappa shape index (κ3) is 2.55. The number of benzene rings is 1. The second-order valence-corrected chi connectivity index (χ2v) is 9.14. The molecule has 1 atom stereocenters. The zero-order chi connectivity index (χ0) is 19.4. The molecule has 0 radical (unpaired) electrons. The molecule has 1 aliphatic heterocycles. The van der Waals surface area contributed by atoms with E-state index in [-0.39, 0.29) is 11.7 Å². The zero-order valence-electron chi connectivity index (χ0n) is 15.9. The number of nitrogens with zero attached hydrogens (tertiary/aromatic N) is 4. The summed E-state index contributed by atoms with van der Waals surface area (Å²) in [6, 6.07) is 9.66. The molecule has 1 aromatic carbocycles. The van der Waals surface area contributed by atoms with Gasteiger partial charge < -0.3 is 4.74 Å². The lowest BCUT2D eigenvalue weighted by atomic mass is 9.96. The van der Waals surface area contributed by atoms with Crippen LogP contribution in [0, 0.1) is 5.92 Å². The molecule has 8 heteroatoms. The number of thioether (sulfide) groups is 1. The van der Waals surface area contributed by atoms with E-state index in [2.05, 4.69) is 24.0 Å². The molecule has 0 saturated heterocycles. The number of para-hydroxylation sites is 1. The van der Waals surface area contributed by atoms with Crippen molar-refractivity contribution in [2.24, 2.45) is 5.92 Å². The van der Waals surface area contributed by atoms with Gasteiger partial charge >= 0.3 is 0 Å². The van der Waals surface area contributed by atoms with E-state index in [9.17, 15) is 4.79 Å². The lowest BCUT2D eigenvalue weighted by molar-refractivity contribution is 0.00200. The van der Waals surface area contributed by atoms with Gasteiger partial charge in [0.05, 0.1) is 23.8 Å². The Morgan fingerprint density at radius 2 is 2.04 bits per heavy atom. The molecular weight excluding hydrogens is 392 g/mol. The van der Waals surface area contributed by atoms with Crippen molar-refractivity contribution in [3.05, 3.63) is 51.1 Å². The van der Waals surface area contributed by atoms with Gasteiger partial charge in [0.15, 0.2) is 5.16 Å². The van der Waals surface area contributed by atoms with Gasteiger partial charge in [-0.25, -0.2) is 8.97 Å². The average molecular weight is 413 g/mol. The third-order valence-electron chi connectivity index (χ3n) is 5.28. The highest BCUT2D eigenvalue weighted by molar-refractivity contribution is 7.98. The molecule has 144 valence electrons. The van der Waals surface area contributed by atoms with E-state index in [0.29, 0.717) is 18.3 Å². The smallest absolute Gasteiger partial charge is 0.268 e. The van der Waals surface area contributed by atoms with Crippen molar-refractivity contribution < 1.29 is 4.74 Å². The maximum atomic E-state index is 13.7. The second-order valence-electron chi connectivity index (χ2n) is 7.28. The summed E-state index contributed by atoms with van der Waals surface area (Å²) in [5.74, 6) is 0.952. The first kappa shape index (κ1) is 17.9. The van der Waals surface area contributed by atoms with E-state index in [0.717, 1.165) is 37.9 Å². The van der Waals surface area contributed by atoms with Crippen molar-refractivity contribution in [2.75, 3.05) is 6.26 Å². The first-order chi connectivity index (χ1) is 13.6. The van der Waals surface area contributed by atoms with Crippen LogP contribution in [0.2, 0.25) is 0 Å². The minimum Gasteiger partial charge on any atom is -0.372 e. The van der Waals surface area contributed by atoms with Crippen LogP contribution in [-0.2, 0) is 17.8 Å². The number of hydrogen-bond donors (Lipinski definition) is 0. The van der Waals surface area contributed by atoms with Gasteiger partial charge in [-0.3, -0.25) is 4.79 Å². The third-order valence-corrected chi connectivity index (χ3v) is 7.10. The maximum absolute atomic E-state index is 13.7. The summed E-state index contributed by atoms with van der Waals surface area (Å²) >= 11 is 3.16. The fourth-order valence-electron chi connectivity index (χ4n) is 3.81. The summed E-state index contributed by atoms with van der Waals surface area (Å²) in [6.45, 7) is 4.88. The SMILES string of the molecule is CSc1nnc2n(-c3ccccc3)c(=O)c3c4c(sc3n12)COC(C(C)C)C4. The summed E-state index contributed by atoms with van der Waals surface area (Å²) in [6.07, 6.45) is 2.87. The zero-order valence-corrected chi connectivity index (χ0v) is 17.5. The number of rotatable bonds is 3. The Kier molecular flexibility index (Phi) is 4.30.